The van der Waals surface area contributed by atoms with Crippen LogP contribution < -0.4 is 4.74 Å². The van der Waals surface area contributed by atoms with Crippen LogP contribution in [0.1, 0.15) is 43.6 Å². The predicted molar refractivity (Wildman–Crippen MR) is 226 cm³/mol. The summed E-state index contributed by atoms with van der Waals surface area (Å²) in [5.41, 5.74) is 10.7. The Hall–Kier alpha value is -6.38. The van der Waals surface area contributed by atoms with Crippen molar-refractivity contribution in [1.29, 1.82) is 0 Å². The summed E-state index contributed by atoms with van der Waals surface area (Å²) >= 11 is 0. The molecule has 2 heterocycles. The molecule has 54 heavy (non-hydrogen) atoms. The van der Waals surface area contributed by atoms with E-state index in [9.17, 15) is 0 Å². The van der Waals surface area contributed by atoms with Gasteiger partial charge in [0.15, 0.2) is 0 Å². The van der Waals surface area contributed by atoms with E-state index >= 15 is 0 Å². The van der Waals surface area contributed by atoms with Gasteiger partial charge in [0, 0.05) is 22.9 Å². The summed E-state index contributed by atoms with van der Waals surface area (Å²) < 4.78 is 13.5. The first kappa shape index (κ1) is 31.2. The summed E-state index contributed by atoms with van der Waals surface area (Å²) in [6.45, 7) is 6.82. The average Bonchev–Trinajstić information content (AvgIpc) is 3.84. The molecule has 258 valence electrons. The molecule has 0 N–H and O–H groups in total. The molecular formula is C52H38O2. The van der Waals surface area contributed by atoms with Crippen molar-refractivity contribution in [3.63, 3.8) is 0 Å². The first-order valence-corrected chi connectivity index (χ1v) is 19.0. The minimum Gasteiger partial charge on any atom is -0.485 e. The molecule has 1 atom stereocenters. The minimum absolute atomic E-state index is 0.0665. The molecule has 1 aliphatic heterocycles. The Kier molecular flexibility index (Phi) is 6.67. The molecule has 0 aliphatic carbocycles. The molecule has 0 spiro atoms. The average molecular weight is 695 g/mol. The maximum Gasteiger partial charge on any atom is 0.136 e. The number of hydrogen-bond donors (Lipinski definition) is 0. The third-order valence-electron chi connectivity index (χ3n) is 11.8. The highest BCUT2D eigenvalue weighted by atomic mass is 16.5. The van der Waals surface area contributed by atoms with E-state index in [2.05, 4.69) is 172 Å². The van der Waals surface area contributed by atoms with Crippen molar-refractivity contribution in [3.8, 4) is 39.3 Å². The van der Waals surface area contributed by atoms with Crippen LogP contribution in [0.2, 0.25) is 0 Å². The standard InChI is InChI=1S/C52H38O2/c1-52(2,3)35-21-19-32(20-22-35)42-29-44(48-27-33-12-5-8-17-46(33)53-48)40-26-24-39-43(37-16-10-14-31-11-4-7-15-36(31)37)30-45(41-25-23-38(42)50(40)51(39)41)49-28-34-13-6-9-18-47(34)54-49/h4-27,29-30,49H,28H2,1-3H3. The van der Waals surface area contributed by atoms with Crippen LogP contribution in [0.15, 0.2) is 162 Å². The Labute approximate surface area is 314 Å². The highest BCUT2D eigenvalue weighted by Crippen LogP contribution is 2.50. The molecule has 0 bridgehead atoms. The monoisotopic (exact) mass is 694 g/mol. The molecule has 10 aromatic rings. The van der Waals surface area contributed by atoms with E-state index in [1.165, 1.54) is 82.0 Å². The fourth-order valence-electron chi connectivity index (χ4n) is 9.03. The molecule has 0 saturated heterocycles. The SMILES string of the molecule is CC(C)(C)c1ccc(-c2cc(-c3cc4ccccc4o3)c3ccc4c(-c5cccc6ccccc56)cc(C5Cc6ccccc6O5)c5ccc2c3c45)cc1. The van der Waals surface area contributed by atoms with Gasteiger partial charge in [-0.1, -0.05) is 148 Å². The lowest BCUT2D eigenvalue weighted by Crippen LogP contribution is -2.10. The summed E-state index contributed by atoms with van der Waals surface area (Å²) in [6.07, 6.45) is 0.741. The summed E-state index contributed by atoms with van der Waals surface area (Å²) in [4.78, 5) is 0. The van der Waals surface area contributed by atoms with Crippen molar-refractivity contribution in [2.45, 2.75) is 38.7 Å². The number of furan rings is 1. The van der Waals surface area contributed by atoms with E-state index in [1.807, 2.05) is 6.07 Å². The lowest BCUT2D eigenvalue weighted by atomic mass is 9.81. The fraction of sp³-hybridized carbons (Fsp3) is 0.115. The van der Waals surface area contributed by atoms with Gasteiger partial charge in [0.05, 0.1) is 0 Å². The zero-order valence-electron chi connectivity index (χ0n) is 30.6. The molecule has 1 aliphatic rings. The van der Waals surface area contributed by atoms with Gasteiger partial charge in [0.2, 0.25) is 0 Å². The highest BCUT2D eigenvalue weighted by molar-refractivity contribution is 6.31. The molecule has 1 unspecified atom stereocenters. The second-order valence-electron chi connectivity index (χ2n) is 16.0. The topological polar surface area (TPSA) is 22.4 Å². The van der Waals surface area contributed by atoms with Crippen LogP contribution in [0.5, 0.6) is 5.75 Å². The van der Waals surface area contributed by atoms with Crippen LogP contribution in [-0.2, 0) is 11.8 Å². The van der Waals surface area contributed by atoms with Gasteiger partial charge in [0.25, 0.3) is 0 Å². The van der Waals surface area contributed by atoms with Gasteiger partial charge in [-0.05, 0) is 112 Å². The molecule has 9 aromatic carbocycles. The van der Waals surface area contributed by atoms with Gasteiger partial charge in [-0.15, -0.1) is 0 Å². The summed E-state index contributed by atoms with van der Waals surface area (Å²) in [7, 11) is 0. The molecule has 1 aromatic heterocycles. The molecule has 11 rings (SSSR count). The normalized spacial score (nSPS) is 14.5. The van der Waals surface area contributed by atoms with Crippen molar-refractivity contribution in [3.05, 3.63) is 174 Å². The predicted octanol–water partition coefficient (Wildman–Crippen LogP) is 14.5. The second-order valence-corrected chi connectivity index (χ2v) is 16.0. The van der Waals surface area contributed by atoms with Gasteiger partial charge >= 0.3 is 0 Å². The zero-order chi connectivity index (χ0) is 36.1. The van der Waals surface area contributed by atoms with Crippen molar-refractivity contribution < 1.29 is 9.15 Å². The Morgan fingerprint density at radius 1 is 0.500 bits per heavy atom. The molecule has 2 heteroatoms. The van der Waals surface area contributed by atoms with Gasteiger partial charge in [-0.2, -0.15) is 0 Å². The second kappa shape index (κ2) is 11.6. The van der Waals surface area contributed by atoms with Crippen LogP contribution in [0.3, 0.4) is 0 Å². The van der Waals surface area contributed by atoms with Crippen LogP contribution in [0, 0.1) is 0 Å². The summed E-state index contributed by atoms with van der Waals surface area (Å²) in [5.74, 6) is 1.86. The number of rotatable bonds is 4. The molecule has 2 nitrogen and oxygen atoms in total. The molecule has 0 fully saturated rings. The molecule has 0 radical (unpaired) electrons. The van der Waals surface area contributed by atoms with Gasteiger partial charge in [-0.3, -0.25) is 0 Å². The van der Waals surface area contributed by atoms with E-state index < -0.39 is 0 Å². The number of ether oxygens (including phenoxy) is 1. The first-order chi connectivity index (χ1) is 26.4. The minimum atomic E-state index is -0.0973. The molecular weight excluding hydrogens is 657 g/mol. The Balaban J connectivity index is 1.27. The molecule has 0 saturated carbocycles. The number of benzene rings is 9. The van der Waals surface area contributed by atoms with Crippen LogP contribution in [0.4, 0.5) is 0 Å². The summed E-state index contributed by atoms with van der Waals surface area (Å²) in [5, 5.41) is 11.0. The smallest absolute Gasteiger partial charge is 0.136 e. The van der Waals surface area contributed by atoms with Crippen LogP contribution in [-0.4, -0.2) is 0 Å². The zero-order valence-corrected chi connectivity index (χ0v) is 30.6. The van der Waals surface area contributed by atoms with Crippen molar-refractivity contribution >= 4 is 54.1 Å². The van der Waals surface area contributed by atoms with Crippen LogP contribution in [0.25, 0.3) is 87.6 Å². The van der Waals surface area contributed by atoms with E-state index in [0.717, 1.165) is 34.5 Å². The maximum atomic E-state index is 6.80. The van der Waals surface area contributed by atoms with Gasteiger partial charge in [0.1, 0.15) is 23.2 Å². The lowest BCUT2D eigenvalue weighted by molar-refractivity contribution is 0.240. The van der Waals surface area contributed by atoms with Crippen molar-refractivity contribution in [1.82, 2.24) is 0 Å². The van der Waals surface area contributed by atoms with Crippen molar-refractivity contribution in [2.24, 2.45) is 0 Å². The maximum absolute atomic E-state index is 6.80. The van der Waals surface area contributed by atoms with E-state index in [4.69, 9.17) is 9.15 Å². The number of hydrogen-bond acceptors (Lipinski definition) is 2. The van der Waals surface area contributed by atoms with E-state index in [1.54, 1.807) is 0 Å². The van der Waals surface area contributed by atoms with Gasteiger partial charge in [-0.25, -0.2) is 0 Å². The van der Waals surface area contributed by atoms with E-state index in [-0.39, 0.29) is 11.5 Å². The summed E-state index contributed by atoms with van der Waals surface area (Å²) in [6, 6.07) is 57.8. The van der Waals surface area contributed by atoms with Gasteiger partial charge < -0.3 is 9.15 Å². The number of para-hydroxylation sites is 2. The first-order valence-electron chi connectivity index (χ1n) is 19.0. The van der Waals surface area contributed by atoms with Crippen molar-refractivity contribution in [2.75, 3.05) is 0 Å². The number of fused-ring (bicyclic) bond motifs is 3. The fourth-order valence-corrected chi connectivity index (χ4v) is 9.03. The third-order valence-corrected chi connectivity index (χ3v) is 11.8. The van der Waals surface area contributed by atoms with E-state index in [0.29, 0.717) is 0 Å². The lowest BCUT2D eigenvalue weighted by Gasteiger charge is -2.23. The Morgan fingerprint density at radius 3 is 1.96 bits per heavy atom. The Morgan fingerprint density at radius 2 is 1.17 bits per heavy atom. The molecule has 0 amide bonds. The largest absolute Gasteiger partial charge is 0.485 e. The quantitative estimate of drug-likeness (QED) is 0.171. The Bertz CT molecular complexity index is 3020. The third kappa shape index (κ3) is 4.73. The van der Waals surface area contributed by atoms with Crippen LogP contribution >= 0.6 is 0 Å². The highest BCUT2D eigenvalue weighted by Gasteiger charge is 2.29.